The summed E-state index contributed by atoms with van der Waals surface area (Å²) in [5.74, 6) is -3.26. The Morgan fingerprint density at radius 1 is 0.458 bits per heavy atom. The van der Waals surface area contributed by atoms with Crippen molar-refractivity contribution in [3.63, 3.8) is 0 Å². The number of hydrogen-bond donors (Lipinski definition) is 13. The van der Waals surface area contributed by atoms with Crippen LogP contribution in [-0.2, 0) is 87.5 Å². The average molecular weight is 1490 g/mol. The summed E-state index contributed by atoms with van der Waals surface area (Å²) in [6, 6.07) is 21.7. The van der Waals surface area contributed by atoms with Crippen LogP contribution in [0.5, 0.6) is 0 Å². The van der Waals surface area contributed by atoms with Crippen molar-refractivity contribution >= 4 is 177 Å². The molecule has 0 unspecified atom stereocenters. The van der Waals surface area contributed by atoms with Crippen LogP contribution in [0.15, 0.2) is 165 Å². The zero-order chi connectivity index (χ0) is 69.8. The van der Waals surface area contributed by atoms with Crippen molar-refractivity contribution in [3.8, 4) is 0 Å². The molecule has 0 saturated heterocycles. The molecule has 8 rings (SSSR count). The highest BCUT2D eigenvalue weighted by molar-refractivity contribution is 7.94. The van der Waals surface area contributed by atoms with Crippen LogP contribution in [0.25, 0.3) is 0 Å². The van der Waals surface area contributed by atoms with E-state index in [1.54, 1.807) is 0 Å². The summed E-state index contributed by atoms with van der Waals surface area (Å²) in [5.41, 5.74) is 8.85. The number of hydrogen-bond acceptors (Lipinski definition) is 39. The Bertz CT molecular complexity index is 5000. The lowest BCUT2D eigenvalue weighted by Crippen LogP contribution is -2.15. The van der Waals surface area contributed by atoms with E-state index >= 15 is 0 Å². The van der Waals surface area contributed by atoms with Crippen molar-refractivity contribution in [1.82, 2.24) is 29.9 Å². The number of sulfone groups is 2. The fraction of sp³-hybridized carbons (Fsp3) is 0.0870. The molecule has 0 aliphatic heterocycles. The number of rotatable bonds is 32. The lowest BCUT2D eigenvalue weighted by atomic mass is 10.2. The van der Waals surface area contributed by atoms with Gasteiger partial charge in [0.15, 0.2) is 32.0 Å². The number of anilines is 12. The lowest BCUT2D eigenvalue weighted by molar-refractivity contribution is -0.434. The third-order valence-corrected chi connectivity index (χ3v) is 19.2. The van der Waals surface area contributed by atoms with Gasteiger partial charge in [-0.15, -0.1) is 29.1 Å². The summed E-state index contributed by atoms with van der Waals surface area (Å²) in [5, 5.41) is 53.6. The molecule has 0 bridgehead atoms. The summed E-state index contributed by atoms with van der Waals surface area (Å²) >= 11 is 0.523. The third kappa shape index (κ3) is 20.5. The minimum Gasteiger partial charge on any atom is -0.396 e. The van der Waals surface area contributed by atoms with Crippen LogP contribution in [0.3, 0.4) is 0 Å². The lowest BCUT2D eigenvalue weighted by Gasteiger charge is -2.13. The second kappa shape index (κ2) is 30.8. The number of nitrogen functional groups attached to an aromatic ring is 2. The van der Waals surface area contributed by atoms with E-state index < -0.39 is 140 Å². The summed E-state index contributed by atoms with van der Waals surface area (Å²) in [4.78, 5) is 21.0. The Kier molecular flexibility index (Phi) is 23.4. The molecular weight excluding hydrogens is 1450 g/mol. The van der Waals surface area contributed by atoms with Gasteiger partial charge in [-0.25, -0.2) is 31.5 Å². The Morgan fingerprint density at radius 3 is 1.43 bits per heavy atom. The van der Waals surface area contributed by atoms with Gasteiger partial charge in [-0.05, 0) is 109 Å². The molecule has 50 heteroatoms. The van der Waals surface area contributed by atoms with Gasteiger partial charge < -0.3 is 38.1 Å². The second-order valence-electron chi connectivity index (χ2n) is 18.2. The Hall–Kier alpha value is -9.01. The number of nitrogens with one attached hydrogen (secondary N) is 5. The van der Waals surface area contributed by atoms with Crippen LogP contribution < -0.4 is 38.1 Å². The minimum atomic E-state index is -5.33. The molecular formula is C46H42FN17O24S8. The van der Waals surface area contributed by atoms with E-state index in [0.29, 0.717) is 18.1 Å². The molecule has 6 aromatic carbocycles. The maximum atomic E-state index is 14.9. The van der Waals surface area contributed by atoms with Crippen LogP contribution in [0.2, 0.25) is 0 Å². The van der Waals surface area contributed by atoms with Crippen molar-refractivity contribution in [2.24, 2.45) is 20.5 Å². The van der Waals surface area contributed by atoms with Crippen molar-refractivity contribution in [3.05, 3.63) is 121 Å². The van der Waals surface area contributed by atoms with Crippen LogP contribution in [-0.4, -0.2) is 134 Å². The van der Waals surface area contributed by atoms with Crippen LogP contribution >= 0.6 is 24.4 Å². The molecule has 41 nitrogen and oxygen atoms in total. The summed E-state index contributed by atoms with van der Waals surface area (Å²) in [6.45, 7) is -1.26. The largest absolute Gasteiger partial charge is 0.397 e. The van der Waals surface area contributed by atoms with Crippen molar-refractivity contribution in [1.29, 1.82) is 0 Å². The number of aromatic nitrogens is 6. The van der Waals surface area contributed by atoms with Gasteiger partial charge in [0.05, 0.1) is 67.7 Å². The molecule has 8 aromatic rings. The molecule has 510 valence electrons. The molecule has 0 aliphatic carbocycles. The Labute approximate surface area is 548 Å². The van der Waals surface area contributed by atoms with E-state index in [1.807, 2.05) is 0 Å². The quantitative estimate of drug-likeness (QED) is 0.00370. The fourth-order valence-electron chi connectivity index (χ4n) is 7.54. The molecule has 0 spiro atoms. The molecule has 96 heavy (non-hydrogen) atoms. The van der Waals surface area contributed by atoms with Crippen LogP contribution in [0.1, 0.15) is 0 Å². The maximum absolute atomic E-state index is 14.9. The van der Waals surface area contributed by atoms with Gasteiger partial charge in [0.2, 0.25) is 29.7 Å². The molecule has 0 radical (unpaired) electrons. The number of halogens is 1. The minimum absolute atomic E-state index is 0.00872. The standard InChI is InChI=1S/C46H42FN17O24S8/c47-41-55-42(50-24-4-10-29(11-5-24)91(67,68)18-16-83-90-88-86-66)57-43(56-41)53-27-8-14-35(89-87-85-65)32(21-27)61-64-40-38(48)34(23-37(39(40)49)95(77,78)79)63-62-33-22-28(9-15-36(33)94(74,75)76)54-46-59-44(58-45(60-46)52-26-2-1-3-31(20-26)93(71,72)73)51-25-6-12-30(13-7-25)92(69,70)19-17-84-96(80,81)82/h1-15,20-23,65-66H,16-19,48-49H2,(H,71,72,73)(H,74,75,76)(H,77,78,79)(H,80,81,82)(H2,50,53,55,56,57)(H3,51,52,54,58,59,60). The summed E-state index contributed by atoms with van der Waals surface area (Å²) < 4.78 is 219. The first-order valence-electron chi connectivity index (χ1n) is 25.2. The highest BCUT2D eigenvalue weighted by atomic mass is 32.3. The topological polar surface area (TPSA) is 621 Å². The first-order chi connectivity index (χ1) is 45.2. The molecule has 0 amide bonds. The van der Waals surface area contributed by atoms with Crippen LogP contribution in [0, 0.1) is 6.08 Å². The fourth-order valence-corrected chi connectivity index (χ4v) is 12.6. The predicted octanol–water partition coefficient (Wildman–Crippen LogP) is 7.45. The van der Waals surface area contributed by atoms with Gasteiger partial charge in [-0.3, -0.25) is 22.4 Å². The van der Waals surface area contributed by atoms with Gasteiger partial charge in [-0.1, -0.05) is 16.1 Å². The first kappa shape index (κ1) is 72.8. The zero-order valence-electron chi connectivity index (χ0n) is 47.1. The summed E-state index contributed by atoms with van der Waals surface area (Å²) in [7, 11) is -28.3. The van der Waals surface area contributed by atoms with E-state index in [1.165, 1.54) is 66.7 Å². The summed E-state index contributed by atoms with van der Waals surface area (Å²) in [6.07, 6.45) is -1.31. The highest BCUT2D eigenvalue weighted by Gasteiger charge is 2.25. The number of azo groups is 2. The van der Waals surface area contributed by atoms with E-state index in [0.717, 1.165) is 42.5 Å². The monoisotopic (exact) mass is 1490 g/mol. The number of nitrogens with two attached hydrogens (primary N) is 2. The van der Waals surface area contributed by atoms with Gasteiger partial charge >= 0.3 is 16.5 Å². The molecule has 2 heterocycles. The number of nitrogens with zero attached hydrogens (tertiary/aromatic N) is 10. The molecule has 0 fully saturated rings. The average Bonchev–Trinajstić information content (AvgIpc) is 0.782. The van der Waals surface area contributed by atoms with E-state index in [4.69, 9.17) is 30.7 Å². The molecule has 0 aliphatic rings. The highest BCUT2D eigenvalue weighted by Crippen LogP contribution is 2.45. The van der Waals surface area contributed by atoms with Gasteiger partial charge in [-0.2, -0.15) is 68.0 Å². The smallest absolute Gasteiger partial charge is 0.396 e. The van der Waals surface area contributed by atoms with Gasteiger partial charge in [0.25, 0.3) is 30.4 Å². The number of benzene rings is 6. The third-order valence-electron chi connectivity index (χ3n) is 11.7. The predicted molar refractivity (Wildman–Crippen MR) is 332 cm³/mol. The SMILES string of the molecule is Nc1c(N=Nc2cc(Nc3nc(Nc4ccc(S(=O)(=O)CCOS(=O)(=O)O)cc4)nc(Nc4cccc(S(=O)(=O)O)c4)n3)ccc2S(=O)(=O)O)cc(S(=O)(=O)O)c(N)c1N=Nc1cc(Nc2nc(F)nc(Nc3ccc(S(=O)(=O)CCOSOOO)cc3)n2)ccc1SOOO. The Morgan fingerprint density at radius 2 is 0.917 bits per heavy atom. The molecule has 0 atom stereocenters. The van der Waals surface area contributed by atoms with E-state index in [-0.39, 0.29) is 85.6 Å². The zero-order valence-corrected chi connectivity index (χ0v) is 53.6. The van der Waals surface area contributed by atoms with Crippen molar-refractivity contribution < 1.29 is 111 Å². The van der Waals surface area contributed by atoms with Crippen molar-refractivity contribution in [2.45, 2.75) is 29.4 Å². The first-order valence-corrected chi connectivity index (χ1v) is 35.6. The van der Waals surface area contributed by atoms with Gasteiger partial charge in [0, 0.05) is 28.4 Å². The Balaban J connectivity index is 1.09. The normalized spacial score (nSPS) is 12.5. The van der Waals surface area contributed by atoms with Gasteiger partial charge in [0.1, 0.15) is 32.5 Å². The molecule has 15 N–H and O–H groups in total. The molecule has 2 aromatic heterocycles. The molecule has 0 saturated carbocycles. The second-order valence-corrected chi connectivity index (χ2v) is 28.9. The van der Waals surface area contributed by atoms with Crippen LogP contribution in [0.4, 0.5) is 96.7 Å². The van der Waals surface area contributed by atoms with E-state index in [2.05, 4.69) is 99.9 Å². The van der Waals surface area contributed by atoms with E-state index in [9.17, 15) is 68.6 Å². The maximum Gasteiger partial charge on any atom is 0.397 e. The van der Waals surface area contributed by atoms with Crippen molar-refractivity contribution in [2.75, 3.05) is 62.8 Å².